The van der Waals surface area contributed by atoms with Crippen LogP contribution in [-0.2, 0) is 18.9 Å². The van der Waals surface area contributed by atoms with Crippen molar-refractivity contribution >= 4 is 18.7 Å². The molecule has 0 aromatic heterocycles. The van der Waals surface area contributed by atoms with Gasteiger partial charge in [0.25, 0.3) is 0 Å². The molecule has 21 heavy (non-hydrogen) atoms. The molecule has 0 unspecified atom stereocenters. The summed E-state index contributed by atoms with van der Waals surface area (Å²) in [7, 11) is -0.469. The van der Waals surface area contributed by atoms with Gasteiger partial charge in [-0.25, -0.2) is 0 Å². The highest BCUT2D eigenvalue weighted by molar-refractivity contribution is 6.52. The maximum atomic E-state index is 12.5. The Morgan fingerprint density at radius 3 is 2.05 bits per heavy atom. The zero-order valence-electron chi connectivity index (χ0n) is 13.7. The highest BCUT2D eigenvalue weighted by Gasteiger charge is 2.70. The van der Waals surface area contributed by atoms with Crippen molar-refractivity contribution in [1.82, 2.24) is 0 Å². The van der Waals surface area contributed by atoms with Crippen molar-refractivity contribution in [3.05, 3.63) is 0 Å². The van der Waals surface area contributed by atoms with E-state index < -0.39 is 29.0 Å². The van der Waals surface area contributed by atoms with Crippen LogP contribution in [-0.4, -0.2) is 29.9 Å². The summed E-state index contributed by atoms with van der Waals surface area (Å²) in [6.45, 7) is 10.1. The molecule has 3 aliphatic rings. The Kier molecular flexibility index (Phi) is 3.04. The van der Waals surface area contributed by atoms with Gasteiger partial charge in [-0.15, -0.1) is 0 Å². The second-order valence-corrected chi connectivity index (χ2v) is 8.22. The Morgan fingerprint density at radius 1 is 0.905 bits per heavy atom. The van der Waals surface area contributed by atoms with E-state index in [4.69, 9.17) is 9.31 Å². The van der Waals surface area contributed by atoms with Gasteiger partial charge in [-0.1, -0.05) is 6.92 Å². The van der Waals surface area contributed by atoms with Crippen molar-refractivity contribution in [2.45, 2.75) is 83.2 Å². The number of carbonyl (C=O) groups excluding carboxylic acids is 2. The third kappa shape index (κ3) is 1.83. The molecule has 2 atom stereocenters. The predicted octanol–water partition coefficient (Wildman–Crippen LogP) is 2.94. The highest BCUT2D eigenvalue weighted by Crippen LogP contribution is 2.67. The lowest BCUT2D eigenvalue weighted by Gasteiger charge is -2.46. The first kappa shape index (κ1) is 15.2. The van der Waals surface area contributed by atoms with Gasteiger partial charge in [0, 0.05) is 30.0 Å². The molecular formula is C16H25BO4. The molecule has 0 aromatic carbocycles. The first-order valence-electron chi connectivity index (χ1n) is 7.95. The maximum absolute atomic E-state index is 12.5. The summed E-state index contributed by atoms with van der Waals surface area (Å²) >= 11 is 0. The van der Waals surface area contributed by atoms with Crippen molar-refractivity contribution in [3.63, 3.8) is 0 Å². The van der Waals surface area contributed by atoms with E-state index in [0.29, 0.717) is 32.1 Å². The number of fused-ring (bicyclic) bond motifs is 1. The van der Waals surface area contributed by atoms with Crippen LogP contribution < -0.4 is 0 Å². The van der Waals surface area contributed by atoms with E-state index in [0.717, 1.165) is 0 Å². The Hall–Kier alpha value is -0.675. The van der Waals surface area contributed by atoms with Gasteiger partial charge in [0.15, 0.2) is 0 Å². The standard InChI is InChI=1S/C16H25BO4/c1-13(2)14(3,4)21-17(20-13)16-9-7-12(19)15(16,5)8-6-11(18)10-16/h6-10H2,1-5H3/t15-,16+/m1/s1. The van der Waals surface area contributed by atoms with E-state index in [9.17, 15) is 9.59 Å². The molecule has 3 fully saturated rings. The van der Waals surface area contributed by atoms with Crippen LogP contribution in [0.25, 0.3) is 0 Å². The number of ketones is 2. The van der Waals surface area contributed by atoms with Crippen LogP contribution in [0.5, 0.6) is 0 Å². The molecule has 0 amide bonds. The zero-order chi connectivity index (χ0) is 15.7. The van der Waals surface area contributed by atoms with Gasteiger partial charge in [0.05, 0.1) is 11.2 Å². The molecule has 0 radical (unpaired) electrons. The first-order valence-corrected chi connectivity index (χ1v) is 7.95. The average Bonchev–Trinajstić information content (AvgIpc) is 2.74. The lowest BCUT2D eigenvalue weighted by atomic mass is 9.42. The minimum Gasteiger partial charge on any atom is -0.403 e. The van der Waals surface area contributed by atoms with Gasteiger partial charge in [0.1, 0.15) is 11.6 Å². The average molecular weight is 292 g/mol. The monoisotopic (exact) mass is 292 g/mol. The predicted molar refractivity (Wildman–Crippen MR) is 80.0 cm³/mol. The molecule has 0 bridgehead atoms. The van der Waals surface area contributed by atoms with Crippen molar-refractivity contribution in [1.29, 1.82) is 0 Å². The van der Waals surface area contributed by atoms with Crippen molar-refractivity contribution in [3.8, 4) is 0 Å². The van der Waals surface area contributed by atoms with Crippen molar-refractivity contribution < 1.29 is 18.9 Å². The number of rotatable bonds is 1. The van der Waals surface area contributed by atoms with Crippen LogP contribution >= 0.6 is 0 Å². The van der Waals surface area contributed by atoms with Crippen molar-refractivity contribution in [2.24, 2.45) is 5.41 Å². The van der Waals surface area contributed by atoms with Crippen LogP contribution in [0.2, 0.25) is 5.31 Å². The summed E-state index contributed by atoms with van der Waals surface area (Å²) in [6, 6.07) is 0. The second-order valence-electron chi connectivity index (χ2n) is 8.22. The quantitative estimate of drug-likeness (QED) is 0.697. The van der Waals surface area contributed by atoms with Gasteiger partial charge < -0.3 is 9.31 Å². The minimum absolute atomic E-state index is 0.233. The fourth-order valence-corrected chi connectivity index (χ4v) is 4.20. The smallest absolute Gasteiger partial charge is 0.403 e. The first-order chi connectivity index (χ1) is 9.54. The molecule has 1 saturated heterocycles. The number of hydrogen-bond donors (Lipinski definition) is 0. The fourth-order valence-electron chi connectivity index (χ4n) is 4.20. The Morgan fingerprint density at radius 2 is 1.48 bits per heavy atom. The molecule has 4 nitrogen and oxygen atoms in total. The molecule has 0 N–H and O–H groups in total. The third-order valence-electron chi connectivity index (χ3n) is 6.63. The summed E-state index contributed by atoms with van der Waals surface area (Å²) in [4.78, 5) is 24.6. The van der Waals surface area contributed by atoms with Gasteiger partial charge in [-0.2, -0.15) is 0 Å². The molecular weight excluding hydrogens is 267 g/mol. The highest BCUT2D eigenvalue weighted by atomic mass is 16.7. The van der Waals surface area contributed by atoms with E-state index in [2.05, 4.69) is 0 Å². The maximum Gasteiger partial charge on any atom is 0.466 e. The number of hydrogen-bond acceptors (Lipinski definition) is 4. The van der Waals surface area contributed by atoms with E-state index in [1.807, 2.05) is 34.6 Å². The van der Waals surface area contributed by atoms with Gasteiger partial charge >= 0.3 is 7.12 Å². The summed E-state index contributed by atoms with van der Waals surface area (Å²) in [6.07, 6.45) is 2.78. The summed E-state index contributed by atoms with van der Waals surface area (Å²) in [5.41, 5.74) is -1.35. The van der Waals surface area contributed by atoms with Gasteiger partial charge in [-0.05, 0) is 40.5 Å². The molecule has 2 aliphatic carbocycles. The van der Waals surface area contributed by atoms with Crippen LogP contribution in [0.15, 0.2) is 0 Å². The number of carbonyl (C=O) groups is 2. The molecule has 5 heteroatoms. The van der Waals surface area contributed by atoms with Gasteiger partial charge in [0.2, 0.25) is 0 Å². The Balaban J connectivity index is 2.02. The summed E-state index contributed by atoms with van der Waals surface area (Å²) in [5, 5.41) is -0.482. The van der Waals surface area contributed by atoms with Crippen LogP contribution in [0.1, 0.15) is 66.7 Å². The van der Waals surface area contributed by atoms with Crippen molar-refractivity contribution in [2.75, 3.05) is 0 Å². The Labute approximate surface area is 127 Å². The fraction of sp³-hybridized carbons (Fsp3) is 0.875. The molecule has 1 heterocycles. The Bertz CT molecular complexity index is 496. The molecule has 0 aromatic rings. The summed E-state index contributed by atoms with van der Waals surface area (Å²) < 4.78 is 12.5. The second kappa shape index (κ2) is 4.20. The lowest BCUT2D eigenvalue weighted by molar-refractivity contribution is -0.132. The van der Waals surface area contributed by atoms with E-state index >= 15 is 0 Å². The molecule has 0 spiro atoms. The van der Waals surface area contributed by atoms with Gasteiger partial charge in [-0.3, -0.25) is 9.59 Å². The SMILES string of the molecule is CC1(C)OB([C@]23CCC(=O)[C@@]2(C)CCC(=O)C3)OC1(C)C. The minimum atomic E-state index is -0.484. The van der Waals surface area contributed by atoms with E-state index in [1.165, 1.54) is 0 Å². The topological polar surface area (TPSA) is 52.6 Å². The van der Waals surface area contributed by atoms with E-state index in [1.54, 1.807) is 0 Å². The third-order valence-corrected chi connectivity index (χ3v) is 6.63. The molecule has 116 valence electrons. The van der Waals surface area contributed by atoms with Crippen LogP contribution in [0.3, 0.4) is 0 Å². The number of Topliss-reactive ketones (excluding diaryl/α,β-unsaturated/α-hetero) is 2. The normalized spacial score (nSPS) is 41.5. The van der Waals surface area contributed by atoms with Crippen LogP contribution in [0.4, 0.5) is 0 Å². The van der Waals surface area contributed by atoms with E-state index in [-0.39, 0.29) is 11.6 Å². The zero-order valence-corrected chi connectivity index (χ0v) is 13.7. The largest absolute Gasteiger partial charge is 0.466 e. The molecule has 3 rings (SSSR count). The lowest BCUT2D eigenvalue weighted by Crippen LogP contribution is -2.50. The molecule has 2 saturated carbocycles. The van der Waals surface area contributed by atoms with Crippen LogP contribution in [0, 0.1) is 5.41 Å². The summed E-state index contributed by atoms with van der Waals surface area (Å²) in [5.74, 6) is 0.501. The molecule has 1 aliphatic heterocycles.